The van der Waals surface area contributed by atoms with Crippen LogP contribution in [-0.2, 0) is 26.6 Å². The van der Waals surface area contributed by atoms with E-state index in [-0.39, 0.29) is 31.6 Å². The lowest BCUT2D eigenvalue weighted by Crippen LogP contribution is -2.62. The third kappa shape index (κ3) is 3.63. The van der Waals surface area contributed by atoms with Gasteiger partial charge < -0.3 is 9.47 Å². The van der Waals surface area contributed by atoms with E-state index in [4.69, 9.17) is 9.47 Å². The third-order valence-electron chi connectivity index (χ3n) is 6.05. The van der Waals surface area contributed by atoms with Crippen molar-refractivity contribution in [3.8, 4) is 0 Å². The Morgan fingerprint density at radius 3 is 2.25 bits per heavy atom. The minimum atomic E-state index is -1.05. The van der Waals surface area contributed by atoms with Crippen molar-refractivity contribution in [1.82, 2.24) is 9.80 Å². The minimum absolute atomic E-state index is 0.0467. The van der Waals surface area contributed by atoms with Crippen LogP contribution in [0.4, 0.5) is 4.79 Å². The molecule has 2 fully saturated rings. The minimum Gasteiger partial charge on any atom is -0.445 e. The first kappa shape index (κ1) is 20.3. The highest BCUT2D eigenvalue weighted by molar-refractivity contribution is 5.85. The molecule has 2 aliphatic rings. The molecule has 0 spiro atoms. The van der Waals surface area contributed by atoms with Crippen LogP contribution < -0.4 is 0 Å². The number of carbonyl (C=O) groups excluding carboxylic acids is 2. The van der Waals surface area contributed by atoms with Gasteiger partial charge in [-0.05, 0) is 11.1 Å². The molecule has 2 heterocycles. The molecule has 0 saturated carbocycles. The van der Waals surface area contributed by atoms with Crippen molar-refractivity contribution in [3.05, 3.63) is 108 Å². The summed E-state index contributed by atoms with van der Waals surface area (Å²) in [7, 11) is 0. The Hall–Kier alpha value is -3.64. The molecular weight excluding hydrogens is 404 g/mol. The highest BCUT2D eigenvalue weighted by Crippen LogP contribution is 2.46. The Morgan fingerprint density at radius 1 is 0.938 bits per heavy atom. The number of carbonyl (C=O) groups is 2. The number of fused-ring (bicyclic) bond motifs is 1. The third-order valence-corrected chi connectivity index (χ3v) is 6.05. The number of hydrogen-bond donors (Lipinski definition) is 0. The van der Waals surface area contributed by atoms with Gasteiger partial charge in [0, 0.05) is 5.56 Å². The Bertz CT molecular complexity index is 1090. The Labute approximate surface area is 187 Å². The predicted octanol–water partition coefficient (Wildman–Crippen LogP) is 4.09. The quantitative estimate of drug-likeness (QED) is 0.628. The van der Waals surface area contributed by atoms with Gasteiger partial charge in [0.1, 0.15) is 13.2 Å². The maximum absolute atomic E-state index is 13.4. The van der Waals surface area contributed by atoms with E-state index in [2.05, 4.69) is 0 Å². The Morgan fingerprint density at radius 2 is 1.56 bits per heavy atom. The van der Waals surface area contributed by atoms with Crippen molar-refractivity contribution < 1.29 is 19.1 Å². The fourth-order valence-electron chi connectivity index (χ4n) is 4.54. The van der Waals surface area contributed by atoms with Crippen molar-refractivity contribution in [2.24, 2.45) is 0 Å². The van der Waals surface area contributed by atoms with Gasteiger partial charge in [-0.15, -0.1) is 0 Å². The molecule has 6 heteroatoms. The van der Waals surface area contributed by atoms with Gasteiger partial charge in [0.2, 0.25) is 5.91 Å². The van der Waals surface area contributed by atoms with Crippen LogP contribution in [0.2, 0.25) is 0 Å². The van der Waals surface area contributed by atoms with E-state index in [1.165, 1.54) is 4.90 Å². The average Bonchev–Trinajstić information content (AvgIpc) is 3.26. The van der Waals surface area contributed by atoms with Gasteiger partial charge in [-0.3, -0.25) is 14.6 Å². The second-order valence-electron chi connectivity index (χ2n) is 8.05. The van der Waals surface area contributed by atoms with Crippen molar-refractivity contribution >= 4 is 12.0 Å². The van der Waals surface area contributed by atoms with Gasteiger partial charge in [0.05, 0.1) is 19.2 Å². The number of amides is 2. The zero-order valence-electron chi connectivity index (χ0n) is 17.6. The van der Waals surface area contributed by atoms with Crippen LogP contribution in [0.3, 0.4) is 0 Å². The van der Waals surface area contributed by atoms with Gasteiger partial charge in [-0.1, -0.05) is 91.0 Å². The average molecular weight is 428 g/mol. The highest BCUT2D eigenvalue weighted by atomic mass is 16.6. The molecule has 3 aromatic rings. The van der Waals surface area contributed by atoms with Crippen LogP contribution in [0.5, 0.6) is 0 Å². The SMILES string of the molecule is O=C(OCc1ccccc1)N1CC(=O)N2[C@H](c3ccccc3)CO[C@@]2(c2ccccc2)C1. The van der Waals surface area contributed by atoms with Crippen LogP contribution in [-0.4, -0.2) is 41.5 Å². The highest BCUT2D eigenvalue weighted by Gasteiger charge is 2.56. The van der Waals surface area contributed by atoms with Crippen molar-refractivity contribution in [3.63, 3.8) is 0 Å². The van der Waals surface area contributed by atoms with E-state index in [0.717, 1.165) is 16.7 Å². The molecule has 0 N–H and O–H groups in total. The summed E-state index contributed by atoms with van der Waals surface area (Å²) < 4.78 is 11.9. The Balaban J connectivity index is 1.44. The molecular formula is C26H24N2O4. The number of piperazine rings is 1. The van der Waals surface area contributed by atoms with Gasteiger partial charge in [-0.25, -0.2) is 4.79 Å². The molecule has 0 unspecified atom stereocenters. The molecule has 2 atom stereocenters. The van der Waals surface area contributed by atoms with Crippen LogP contribution in [0.1, 0.15) is 22.7 Å². The second-order valence-corrected chi connectivity index (χ2v) is 8.05. The molecule has 6 nitrogen and oxygen atoms in total. The summed E-state index contributed by atoms with van der Waals surface area (Å²) in [6, 6.07) is 28.8. The van der Waals surface area contributed by atoms with Crippen LogP contribution in [0.25, 0.3) is 0 Å². The second kappa shape index (κ2) is 8.48. The first-order valence-electron chi connectivity index (χ1n) is 10.7. The number of ether oxygens (including phenoxy) is 2. The molecule has 0 radical (unpaired) electrons. The number of hydrogen-bond acceptors (Lipinski definition) is 4. The lowest BCUT2D eigenvalue weighted by atomic mass is 9.95. The lowest BCUT2D eigenvalue weighted by molar-refractivity contribution is -0.170. The first-order valence-corrected chi connectivity index (χ1v) is 10.7. The number of benzene rings is 3. The van der Waals surface area contributed by atoms with Crippen molar-refractivity contribution in [2.75, 3.05) is 19.7 Å². The van der Waals surface area contributed by atoms with Gasteiger partial charge in [0.15, 0.2) is 5.72 Å². The van der Waals surface area contributed by atoms with Gasteiger partial charge in [0.25, 0.3) is 0 Å². The van der Waals surface area contributed by atoms with E-state index in [9.17, 15) is 9.59 Å². The molecule has 2 saturated heterocycles. The molecule has 2 aliphatic heterocycles. The molecule has 3 aromatic carbocycles. The maximum atomic E-state index is 13.4. The number of nitrogens with zero attached hydrogens (tertiary/aromatic N) is 2. The summed E-state index contributed by atoms with van der Waals surface area (Å²) in [6.07, 6.45) is -0.524. The van der Waals surface area contributed by atoms with E-state index in [0.29, 0.717) is 6.61 Å². The summed E-state index contributed by atoms with van der Waals surface area (Å²) in [5.74, 6) is -0.164. The normalized spacial score (nSPS) is 22.5. The van der Waals surface area contributed by atoms with E-state index >= 15 is 0 Å². The molecule has 0 aliphatic carbocycles. The lowest BCUT2D eigenvalue weighted by Gasteiger charge is -2.46. The first-order chi connectivity index (χ1) is 15.7. The van der Waals surface area contributed by atoms with E-state index in [1.807, 2.05) is 91.0 Å². The smallest absolute Gasteiger partial charge is 0.410 e. The van der Waals surface area contributed by atoms with Gasteiger partial charge in [-0.2, -0.15) is 0 Å². The fraction of sp³-hybridized carbons (Fsp3) is 0.231. The summed E-state index contributed by atoms with van der Waals surface area (Å²) in [5.41, 5.74) is 1.69. The summed E-state index contributed by atoms with van der Waals surface area (Å²) in [5, 5.41) is 0. The topological polar surface area (TPSA) is 59.1 Å². The molecule has 5 rings (SSSR count). The molecule has 2 amide bonds. The van der Waals surface area contributed by atoms with E-state index in [1.54, 1.807) is 4.90 Å². The number of rotatable bonds is 4. The molecule has 0 bridgehead atoms. The maximum Gasteiger partial charge on any atom is 0.410 e. The molecule has 162 valence electrons. The van der Waals surface area contributed by atoms with Crippen molar-refractivity contribution in [1.29, 1.82) is 0 Å². The molecule has 32 heavy (non-hydrogen) atoms. The van der Waals surface area contributed by atoms with Crippen LogP contribution >= 0.6 is 0 Å². The predicted molar refractivity (Wildman–Crippen MR) is 118 cm³/mol. The van der Waals surface area contributed by atoms with E-state index < -0.39 is 11.8 Å². The fourth-order valence-corrected chi connectivity index (χ4v) is 4.54. The summed E-state index contributed by atoms with van der Waals surface area (Å²) >= 11 is 0. The van der Waals surface area contributed by atoms with Crippen LogP contribution in [0.15, 0.2) is 91.0 Å². The van der Waals surface area contributed by atoms with Gasteiger partial charge >= 0.3 is 6.09 Å². The monoisotopic (exact) mass is 428 g/mol. The van der Waals surface area contributed by atoms with Crippen LogP contribution in [0, 0.1) is 0 Å². The standard InChI is InChI=1S/C26H24N2O4/c29-24-16-27(25(30)31-17-20-10-4-1-5-11-20)19-26(22-14-8-3-9-15-22)28(24)23(18-32-26)21-12-6-2-7-13-21/h1-15,23H,16-19H2/t23-,26+/m0/s1. The summed E-state index contributed by atoms with van der Waals surface area (Å²) in [4.78, 5) is 29.6. The largest absolute Gasteiger partial charge is 0.445 e. The zero-order valence-corrected chi connectivity index (χ0v) is 17.6. The zero-order chi connectivity index (χ0) is 22.0. The molecule has 0 aromatic heterocycles. The van der Waals surface area contributed by atoms with Crippen molar-refractivity contribution in [2.45, 2.75) is 18.4 Å². The Kier molecular flexibility index (Phi) is 5.37. The summed E-state index contributed by atoms with van der Waals surface area (Å²) in [6.45, 7) is 0.673.